The summed E-state index contributed by atoms with van der Waals surface area (Å²) in [5.74, 6) is 13.5. The van der Waals surface area contributed by atoms with Crippen LogP contribution in [0.3, 0.4) is 0 Å². The van der Waals surface area contributed by atoms with Crippen LogP contribution < -0.4 is 0 Å². The van der Waals surface area contributed by atoms with Crippen molar-refractivity contribution in [3.05, 3.63) is 95.1 Å². The zero-order valence-electron chi connectivity index (χ0n) is 101. The van der Waals surface area contributed by atoms with Crippen LogP contribution in [0.2, 0.25) is 0 Å². The van der Waals surface area contributed by atoms with Gasteiger partial charge in [0.25, 0.3) is 0 Å². The van der Waals surface area contributed by atoms with Gasteiger partial charge in [-0.05, 0) is 267 Å². The zero-order chi connectivity index (χ0) is 108. The standard InChI is InChI=1S/C15H29N3.C14H27N3.5C13H25N3.C12H23N3.C12H24N3/c1-13(2)8-5-6-10-15-12-16-17-18(15)11-7-9-14(3)4;1-12(2)7-5-6-8-14-11-15-16-17(14)10-9-13(3)4;1-11(2)6-5-9-16-10-13(14-15-16)8-7-12(3)4;1-11(2)6-5-7-13-10-16(15-14-13)9-8-12(3)4;1-11(2)6-5-7-13-10-14-15-16(13)9-8-12(3)4;1-11(2)7-5-6-8-13-9-14-15-16(13)10-12(3)4;1-11(2)7-5-6-8-13-10-16(15-14-13)9-12(3)4;1-10(2)6-5-7-15-9-12(13-14-15)8-11(3)4;1-10(2)6-5-7-12-9-15(14-13-12)8-11(3)4/h12-14H,5-11H2,1-4H3;11-13H,5-10H2,1-4H3;3*10-12H,5-9H2,1-4H3;9,11-12H,5-8,10H2,1-4H3;10-12H,5-9H2,1-4H3;9-11H,5-8H2,1-4H3;9-12H,5-8H2,1-4H3/q;;;;;;;;+1. The number of hydrogen-bond acceptors (Lipinski definition) is 18. The third-order valence-corrected chi connectivity index (χ3v) is 24.9. The number of aryl methyl sites for hydroxylation is 13. The van der Waals surface area contributed by atoms with Crippen LogP contribution in [0.25, 0.3) is 0 Å². The lowest BCUT2D eigenvalue weighted by Gasteiger charge is -2.08. The van der Waals surface area contributed by atoms with Crippen molar-refractivity contribution in [3.63, 3.8) is 0 Å². The molecule has 9 rings (SSSR count). The van der Waals surface area contributed by atoms with Crippen molar-refractivity contribution < 1.29 is 4.68 Å². The highest BCUT2D eigenvalue weighted by atomic mass is 15.5. The van der Waals surface area contributed by atoms with Crippen molar-refractivity contribution in [1.29, 1.82) is 0 Å². The van der Waals surface area contributed by atoms with Gasteiger partial charge in [-0.25, -0.2) is 18.7 Å². The second kappa shape index (κ2) is 83.2. The van der Waals surface area contributed by atoms with Gasteiger partial charge < -0.3 is 0 Å². The fraction of sp³-hybridized carbons (Fsp3) is 0.856. The molecular formula is C118H228N27+. The Balaban J connectivity index is 0.000000816. The quantitative estimate of drug-likeness (QED) is 0.0253. The minimum atomic E-state index is 0.336. The summed E-state index contributed by atoms with van der Waals surface area (Å²) in [6.45, 7) is 90.0. The Bertz CT molecular complexity index is 4220. The molecule has 0 bridgehead atoms. The van der Waals surface area contributed by atoms with Crippen molar-refractivity contribution in [2.45, 2.75) is 545 Å². The predicted octanol–water partition coefficient (Wildman–Crippen LogP) is 30.5. The normalized spacial score (nSPS) is 12.5. The van der Waals surface area contributed by atoms with Crippen LogP contribution in [-0.4, -0.2) is 143 Å². The Hall–Kier alpha value is -7.61. The summed E-state index contributed by atoms with van der Waals surface area (Å²) in [4.78, 5) is 0. The van der Waals surface area contributed by atoms with Crippen molar-refractivity contribution in [2.75, 3.05) is 6.54 Å². The van der Waals surface area contributed by atoms with E-state index < -0.39 is 0 Å². The van der Waals surface area contributed by atoms with Gasteiger partial charge >= 0.3 is 0 Å². The molecule has 8 aromatic heterocycles. The molecule has 0 fully saturated rings. The molecule has 0 aromatic carbocycles. The second-order valence-corrected chi connectivity index (χ2v) is 49.5. The highest BCUT2D eigenvalue weighted by Crippen LogP contribution is 2.21. The summed E-state index contributed by atoms with van der Waals surface area (Å²) in [5.41, 5.74) is 9.73. The summed E-state index contributed by atoms with van der Waals surface area (Å²) < 4.78 is 18.2. The monoisotopic (exact) mass is 2020 g/mol. The van der Waals surface area contributed by atoms with Gasteiger partial charge in [-0.1, -0.05) is 362 Å². The van der Waals surface area contributed by atoms with E-state index in [1.165, 1.54) is 203 Å². The maximum absolute atomic E-state index is 4.26. The molecule has 9 heterocycles. The van der Waals surface area contributed by atoms with Crippen LogP contribution in [0.4, 0.5) is 0 Å². The number of nitrogens with zero attached hydrogens (tertiary/aromatic N) is 27. The Kier molecular flexibility index (Phi) is 77.7. The van der Waals surface area contributed by atoms with E-state index in [0.29, 0.717) is 29.7 Å². The summed E-state index contributed by atoms with van der Waals surface area (Å²) in [6.07, 6.45) is 63.4. The van der Waals surface area contributed by atoms with Crippen molar-refractivity contribution >= 4 is 6.21 Å². The number of hydrogen-bond donors (Lipinski definition) is 0. The molecular weight excluding hydrogens is 1800 g/mol. The molecule has 27 heteroatoms. The molecule has 0 saturated carbocycles. The molecule has 0 radical (unpaired) electrons. The topological polar surface area (TPSA) is 273 Å². The SMILES string of the molecule is CC(C)CCCC1C=[N+](CC(C)C)N=N1.CC(C)CCCCc1cn(CC(C)C)nn1.CC(C)CCCCc1cnnn1CC(C)C.CC(C)CCCCc1cnnn1CCC(C)C.CC(C)CCCCc1cnnn1CCCC(C)C.CC(C)CCCc1cn(CCC(C)C)nn1.CC(C)CCCc1cnnn1CCC(C)C.CC(C)CCCn1cc(CC(C)C)nn1.CC(C)CCCn1cc(CCC(C)C)nn1. The summed E-state index contributed by atoms with van der Waals surface area (Å²) >= 11 is 0. The Morgan fingerprint density at radius 3 is 0.903 bits per heavy atom. The molecule has 0 saturated heterocycles. The van der Waals surface area contributed by atoms with E-state index in [9.17, 15) is 0 Å². The first-order chi connectivity index (χ1) is 68.7. The molecule has 0 amide bonds. The first-order valence-corrected chi connectivity index (χ1v) is 58.8. The smallest absolute Gasteiger partial charge is 0.222 e. The van der Waals surface area contributed by atoms with Crippen LogP contribution in [-0.2, 0) is 104 Å². The van der Waals surface area contributed by atoms with E-state index >= 15 is 0 Å². The summed E-state index contributed by atoms with van der Waals surface area (Å²) in [6, 6.07) is 0.336. The van der Waals surface area contributed by atoms with Gasteiger partial charge in [0.1, 0.15) is 18.0 Å². The molecule has 27 nitrogen and oxygen atoms in total. The number of unbranched alkanes of at least 4 members (excludes halogenated alkanes) is 4. The minimum Gasteiger partial charge on any atom is -0.252 e. The van der Waals surface area contributed by atoms with Gasteiger partial charge in [0.05, 0.1) is 70.3 Å². The Labute approximate surface area is 889 Å². The first-order valence-electron chi connectivity index (χ1n) is 58.8. The third-order valence-electron chi connectivity index (χ3n) is 24.9. The fourth-order valence-electron chi connectivity index (χ4n) is 16.1. The second-order valence-electron chi connectivity index (χ2n) is 49.5. The molecule has 8 aromatic rings. The lowest BCUT2D eigenvalue weighted by molar-refractivity contribution is -0.537. The van der Waals surface area contributed by atoms with Crippen LogP contribution in [0.15, 0.2) is 59.9 Å². The molecule has 0 N–H and O–H groups in total. The van der Waals surface area contributed by atoms with Crippen LogP contribution in [0.1, 0.15) is 481 Å². The van der Waals surface area contributed by atoms with Crippen LogP contribution in [0.5, 0.6) is 0 Å². The summed E-state index contributed by atoms with van der Waals surface area (Å²) in [7, 11) is 0. The third kappa shape index (κ3) is 78.3. The summed E-state index contributed by atoms with van der Waals surface area (Å²) in [5, 5.41) is 74.5. The van der Waals surface area contributed by atoms with E-state index in [0.717, 1.165) is 222 Å². The predicted molar refractivity (Wildman–Crippen MR) is 611 cm³/mol. The molecule has 0 spiro atoms. The van der Waals surface area contributed by atoms with Gasteiger partial charge in [-0.15, -0.1) is 45.5 Å². The molecule has 1 unspecified atom stereocenters. The molecule has 1 aliphatic heterocycles. The largest absolute Gasteiger partial charge is 0.252 e. The van der Waals surface area contributed by atoms with E-state index in [4.69, 9.17) is 0 Å². The first kappa shape index (κ1) is 135. The van der Waals surface area contributed by atoms with E-state index in [1.54, 1.807) is 0 Å². The Morgan fingerprint density at radius 1 is 0.228 bits per heavy atom. The van der Waals surface area contributed by atoms with Crippen molar-refractivity contribution in [1.82, 2.24) is 120 Å². The Morgan fingerprint density at radius 2 is 0.517 bits per heavy atom. The number of aromatic nitrogens is 24. The fourth-order valence-corrected chi connectivity index (χ4v) is 16.1. The molecule has 1 atom stereocenters. The average Bonchev–Trinajstić information content (AvgIpc) is 1.80. The minimum absolute atomic E-state index is 0.336. The van der Waals surface area contributed by atoms with E-state index in [2.05, 4.69) is 392 Å². The maximum Gasteiger partial charge on any atom is 0.222 e. The van der Waals surface area contributed by atoms with Gasteiger partial charge in [-0.2, -0.15) is 0 Å². The average molecular weight is 2030 g/mol. The highest BCUT2D eigenvalue weighted by Gasteiger charge is 2.23. The van der Waals surface area contributed by atoms with Crippen LogP contribution in [0, 0.1) is 107 Å². The van der Waals surface area contributed by atoms with E-state index in [-0.39, 0.29) is 0 Å². The number of rotatable bonds is 64. The zero-order valence-corrected chi connectivity index (χ0v) is 101. The van der Waals surface area contributed by atoms with Crippen molar-refractivity contribution in [2.24, 2.45) is 117 Å². The van der Waals surface area contributed by atoms with E-state index in [1.807, 2.05) is 48.2 Å². The molecule has 1 aliphatic rings. The maximum atomic E-state index is 4.26. The van der Waals surface area contributed by atoms with Crippen LogP contribution >= 0.6 is 0 Å². The molecule has 145 heavy (non-hydrogen) atoms. The lowest BCUT2D eigenvalue weighted by atomic mass is 10.0. The van der Waals surface area contributed by atoms with Gasteiger partial charge in [0.15, 0.2) is 0 Å². The highest BCUT2D eigenvalue weighted by molar-refractivity contribution is 5.59. The van der Waals surface area contributed by atoms with Gasteiger partial charge in [-0.3, -0.25) is 18.7 Å². The van der Waals surface area contributed by atoms with Crippen molar-refractivity contribution in [3.8, 4) is 0 Å². The van der Waals surface area contributed by atoms with Gasteiger partial charge in [0, 0.05) is 88.7 Å². The molecule has 834 valence electrons. The van der Waals surface area contributed by atoms with Gasteiger partial charge in [0.2, 0.25) is 6.04 Å². The lowest BCUT2D eigenvalue weighted by Crippen LogP contribution is -2.14. The molecule has 0 aliphatic carbocycles.